The maximum absolute atomic E-state index is 12.1. The SMILES string of the molecule is C=C(C)C(=O)O[C@H]1CC2=C[C@@H](C/C(C)=C\[C@H]3OC(=O)C(=C)[C@H]13)OC2=O. The summed E-state index contributed by atoms with van der Waals surface area (Å²) in [7, 11) is 0. The number of hydrogen-bond acceptors (Lipinski definition) is 6. The Kier molecular flexibility index (Phi) is 4.37. The molecular formula is C19H20O6. The molecule has 25 heavy (non-hydrogen) atoms. The topological polar surface area (TPSA) is 78.9 Å². The van der Waals surface area contributed by atoms with Gasteiger partial charge in [-0.25, -0.2) is 14.4 Å². The van der Waals surface area contributed by atoms with Crippen molar-refractivity contribution < 1.29 is 28.6 Å². The molecule has 0 aromatic heterocycles. The third-order valence-electron chi connectivity index (χ3n) is 4.57. The number of fused-ring (bicyclic) bond motifs is 2. The molecule has 132 valence electrons. The van der Waals surface area contributed by atoms with Crippen molar-refractivity contribution in [2.75, 3.05) is 0 Å². The van der Waals surface area contributed by atoms with E-state index < -0.39 is 36.0 Å². The van der Waals surface area contributed by atoms with Crippen molar-refractivity contribution in [3.05, 3.63) is 47.6 Å². The summed E-state index contributed by atoms with van der Waals surface area (Å²) in [6.45, 7) is 10.8. The van der Waals surface area contributed by atoms with Crippen LogP contribution in [0.1, 0.15) is 26.7 Å². The number of esters is 3. The van der Waals surface area contributed by atoms with Gasteiger partial charge in [-0.1, -0.05) is 18.7 Å². The van der Waals surface area contributed by atoms with Crippen LogP contribution in [0, 0.1) is 5.92 Å². The first-order valence-electron chi connectivity index (χ1n) is 8.11. The quantitative estimate of drug-likeness (QED) is 0.331. The van der Waals surface area contributed by atoms with Crippen LogP contribution in [-0.2, 0) is 28.6 Å². The largest absolute Gasteiger partial charge is 0.458 e. The number of carbonyl (C=O) groups excluding carboxylic acids is 3. The summed E-state index contributed by atoms with van der Waals surface area (Å²) in [6, 6.07) is 0. The molecular weight excluding hydrogens is 324 g/mol. The summed E-state index contributed by atoms with van der Waals surface area (Å²) >= 11 is 0. The Hall–Kier alpha value is -2.63. The zero-order chi connectivity index (χ0) is 18.3. The lowest BCUT2D eigenvalue weighted by Crippen LogP contribution is -2.34. The maximum Gasteiger partial charge on any atom is 0.334 e. The third kappa shape index (κ3) is 3.29. The highest BCUT2D eigenvalue weighted by atomic mass is 16.6. The van der Waals surface area contributed by atoms with Crippen molar-refractivity contribution >= 4 is 17.9 Å². The molecule has 1 saturated heterocycles. The predicted octanol–water partition coefficient (Wildman–Crippen LogP) is 2.16. The molecule has 2 bridgehead atoms. The Morgan fingerprint density at radius 3 is 2.60 bits per heavy atom. The smallest absolute Gasteiger partial charge is 0.334 e. The molecule has 6 nitrogen and oxygen atoms in total. The molecule has 3 aliphatic rings. The van der Waals surface area contributed by atoms with E-state index in [1.165, 1.54) is 6.92 Å². The lowest BCUT2D eigenvalue weighted by molar-refractivity contribution is -0.148. The maximum atomic E-state index is 12.1. The third-order valence-corrected chi connectivity index (χ3v) is 4.57. The minimum absolute atomic E-state index is 0.137. The van der Waals surface area contributed by atoms with E-state index in [0.717, 1.165) is 5.57 Å². The van der Waals surface area contributed by atoms with Crippen molar-refractivity contribution in [3.8, 4) is 0 Å². The normalized spacial score (nSPS) is 33.4. The molecule has 0 aromatic rings. The van der Waals surface area contributed by atoms with Gasteiger partial charge >= 0.3 is 17.9 Å². The number of ether oxygens (including phenoxy) is 3. The Balaban J connectivity index is 2.01. The van der Waals surface area contributed by atoms with E-state index in [1.54, 1.807) is 6.08 Å². The van der Waals surface area contributed by atoms with Crippen LogP contribution in [0.15, 0.2) is 47.6 Å². The minimum Gasteiger partial charge on any atom is -0.458 e. The monoisotopic (exact) mass is 344 g/mol. The summed E-state index contributed by atoms with van der Waals surface area (Å²) < 4.78 is 16.3. The van der Waals surface area contributed by atoms with Gasteiger partial charge in [-0.2, -0.15) is 0 Å². The molecule has 1 fully saturated rings. The molecule has 1 aliphatic carbocycles. The Morgan fingerprint density at radius 2 is 1.92 bits per heavy atom. The van der Waals surface area contributed by atoms with Crippen LogP contribution in [0.3, 0.4) is 0 Å². The molecule has 2 aliphatic heterocycles. The van der Waals surface area contributed by atoms with Gasteiger partial charge in [0, 0.05) is 29.6 Å². The first-order chi connectivity index (χ1) is 11.8. The van der Waals surface area contributed by atoms with E-state index in [2.05, 4.69) is 13.2 Å². The Bertz CT molecular complexity index is 741. The average Bonchev–Trinajstić information content (AvgIpc) is 2.98. The van der Waals surface area contributed by atoms with Gasteiger partial charge in [-0.3, -0.25) is 0 Å². The van der Waals surface area contributed by atoms with Crippen LogP contribution >= 0.6 is 0 Å². The lowest BCUT2D eigenvalue weighted by atomic mass is 9.85. The van der Waals surface area contributed by atoms with E-state index >= 15 is 0 Å². The van der Waals surface area contributed by atoms with Gasteiger partial charge in [-0.05, 0) is 26.0 Å². The fourth-order valence-corrected chi connectivity index (χ4v) is 3.33. The second-order valence-corrected chi connectivity index (χ2v) is 6.70. The fraction of sp³-hybridized carbons (Fsp3) is 0.421. The van der Waals surface area contributed by atoms with Crippen molar-refractivity contribution in [1.82, 2.24) is 0 Å². The summed E-state index contributed by atoms with van der Waals surface area (Å²) in [6.07, 6.45) is 2.52. The van der Waals surface area contributed by atoms with Gasteiger partial charge in [0.1, 0.15) is 18.3 Å². The van der Waals surface area contributed by atoms with Crippen molar-refractivity contribution in [3.63, 3.8) is 0 Å². The molecule has 0 unspecified atom stereocenters. The molecule has 6 heteroatoms. The van der Waals surface area contributed by atoms with Crippen LogP contribution in [0.5, 0.6) is 0 Å². The van der Waals surface area contributed by atoms with E-state index in [-0.39, 0.29) is 23.7 Å². The van der Waals surface area contributed by atoms with Crippen LogP contribution in [0.25, 0.3) is 0 Å². The zero-order valence-corrected chi connectivity index (χ0v) is 14.2. The zero-order valence-electron chi connectivity index (χ0n) is 14.2. The average molecular weight is 344 g/mol. The molecule has 0 spiro atoms. The first-order valence-corrected chi connectivity index (χ1v) is 8.11. The summed E-state index contributed by atoms with van der Waals surface area (Å²) in [5, 5.41) is 0. The van der Waals surface area contributed by atoms with E-state index in [4.69, 9.17) is 14.2 Å². The van der Waals surface area contributed by atoms with Gasteiger partial charge in [0.25, 0.3) is 0 Å². The van der Waals surface area contributed by atoms with Gasteiger partial charge in [-0.15, -0.1) is 0 Å². The molecule has 2 heterocycles. The van der Waals surface area contributed by atoms with Crippen LogP contribution in [0.2, 0.25) is 0 Å². The predicted molar refractivity (Wildman–Crippen MR) is 88.2 cm³/mol. The van der Waals surface area contributed by atoms with Crippen molar-refractivity contribution in [1.29, 1.82) is 0 Å². The Labute approximate surface area is 145 Å². The number of carbonyl (C=O) groups is 3. The molecule has 0 radical (unpaired) electrons. The summed E-state index contributed by atoms with van der Waals surface area (Å²) in [5.74, 6) is -2.09. The van der Waals surface area contributed by atoms with Crippen LogP contribution in [0.4, 0.5) is 0 Å². The highest BCUT2D eigenvalue weighted by Crippen LogP contribution is 2.38. The minimum atomic E-state index is -0.771. The van der Waals surface area contributed by atoms with Crippen molar-refractivity contribution in [2.45, 2.75) is 45.0 Å². The van der Waals surface area contributed by atoms with Gasteiger partial charge in [0.2, 0.25) is 0 Å². The number of hydrogen-bond donors (Lipinski definition) is 0. The second-order valence-electron chi connectivity index (χ2n) is 6.70. The molecule has 0 aromatic carbocycles. The molecule has 3 rings (SSSR count). The van der Waals surface area contributed by atoms with Crippen LogP contribution < -0.4 is 0 Å². The van der Waals surface area contributed by atoms with Gasteiger partial charge in [0.15, 0.2) is 0 Å². The van der Waals surface area contributed by atoms with E-state index in [1.807, 2.05) is 13.0 Å². The highest BCUT2D eigenvalue weighted by molar-refractivity contribution is 5.93. The standard InChI is InChI=1S/C19H20O6/c1-9(2)17(20)24-15-8-12-7-13(23-19(12)22)5-10(3)6-14-16(15)11(4)18(21)25-14/h6-7,13-16H,1,4-5,8H2,2-3H3/b10-6-/t13-,14-,15+,16+/m1/s1. The highest BCUT2D eigenvalue weighted by Gasteiger charge is 2.46. The Morgan fingerprint density at radius 1 is 1.20 bits per heavy atom. The van der Waals surface area contributed by atoms with Crippen molar-refractivity contribution in [2.24, 2.45) is 5.92 Å². The van der Waals surface area contributed by atoms with Gasteiger partial charge < -0.3 is 14.2 Å². The molecule has 0 amide bonds. The fourth-order valence-electron chi connectivity index (χ4n) is 3.33. The van der Waals surface area contributed by atoms with Gasteiger partial charge in [0.05, 0.1) is 5.92 Å². The molecule has 0 saturated carbocycles. The summed E-state index contributed by atoms with van der Waals surface area (Å²) in [5.41, 5.74) is 1.82. The number of rotatable bonds is 2. The van der Waals surface area contributed by atoms with Crippen LogP contribution in [-0.4, -0.2) is 36.2 Å². The first kappa shape index (κ1) is 17.2. The second kappa shape index (κ2) is 6.35. The lowest BCUT2D eigenvalue weighted by Gasteiger charge is -2.26. The van der Waals surface area contributed by atoms with E-state index in [9.17, 15) is 14.4 Å². The molecule has 4 atom stereocenters. The summed E-state index contributed by atoms with van der Waals surface area (Å²) in [4.78, 5) is 36.2. The van der Waals surface area contributed by atoms with E-state index in [0.29, 0.717) is 12.0 Å². The molecule has 0 N–H and O–H groups in total.